The highest BCUT2D eigenvalue weighted by molar-refractivity contribution is 8.00. The quantitative estimate of drug-likeness (QED) is 0.803. The highest BCUT2D eigenvalue weighted by Crippen LogP contribution is 2.38. The third-order valence-electron chi connectivity index (χ3n) is 4.91. The lowest BCUT2D eigenvalue weighted by atomic mass is 9.76. The largest absolute Gasteiger partial charge is 0.481 e. The molecule has 2 aliphatic rings. The average Bonchev–Trinajstić information content (AvgIpc) is 2.92. The number of amides is 1. The average molecular weight is 314 g/mol. The van der Waals surface area contributed by atoms with E-state index in [1.807, 2.05) is 13.8 Å². The second kappa shape index (κ2) is 7.01. The second-order valence-corrected chi connectivity index (χ2v) is 7.73. The predicted molar refractivity (Wildman–Crippen MR) is 84.5 cm³/mol. The fourth-order valence-corrected chi connectivity index (χ4v) is 4.31. The molecule has 2 fully saturated rings. The van der Waals surface area contributed by atoms with E-state index in [0.29, 0.717) is 30.5 Å². The van der Waals surface area contributed by atoms with Crippen molar-refractivity contribution in [1.82, 2.24) is 10.2 Å². The van der Waals surface area contributed by atoms with Crippen LogP contribution in [0.15, 0.2) is 0 Å². The second-order valence-electron chi connectivity index (χ2n) is 6.44. The van der Waals surface area contributed by atoms with Gasteiger partial charge in [0, 0.05) is 18.3 Å². The summed E-state index contributed by atoms with van der Waals surface area (Å²) >= 11 is 1.73. The molecule has 2 N–H and O–H groups in total. The van der Waals surface area contributed by atoms with Crippen molar-refractivity contribution in [1.29, 1.82) is 0 Å². The molecule has 5 nitrogen and oxygen atoms in total. The lowest BCUT2D eigenvalue weighted by Crippen LogP contribution is -2.41. The number of hydrogen-bond acceptors (Lipinski definition) is 4. The molecule has 2 heterocycles. The molecule has 2 saturated heterocycles. The van der Waals surface area contributed by atoms with Crippen LogP contribution in [0.2, 0.25) is 0 Å². The summed E-state index contributed by atoms with van der Waals surface area (Å²) in [6.45, 7) is 6.88. The Kier molecular flexibility index (Phi) is 5.54. The Labute approximate surface area is 130 Å². The maximum Gasteiger partial charge on any atom is 0.311 e. The summed E-state index contributed by atoms with van der Waals surface area (Å²) in [7, 11) is 0. The minimum absolute atomic E-state index is 0.0462. The molecule has 1 unspecified atom stereocenters. The van der Waals surface area contributed by atoms with Crippen molar-refractivity contribution in [3.8, 4) is 0 Å². The highest BCUT2D eigenvalue weighted by atomic mass is 32.2. The van der Waals surface area contributed by atoms with Crippen LogP contribution >= 0.6 is 11.8 Å². The Balaban J connectivity index is 1.85. The topological polar surface area (TPSA) is 69.6 Å². The van der Waals surface area contributed by atoms with E-state index in [1.165, 1.54) is 0 Å². The molecule has 1 atom stereocenters. The third-order valence-corrected chi connectivity index (χ3v) is 6.27. The molecule has 0 spiro atoms. The third kappa shape index (κ3) is 3.72. The van der Waals surface area contributed by atoms with Gasteiger partial charge in [-0.15, -0.1) is 11.8 Å². The van der Waals surface area contributed by atoms with Gasteiger partial charge >= 0.3 is 5.97 Å². The van der Waals surface area contributed by atoms with Crippen LogP contribution < -0.4 is 5.32 Å². The molecule has 21 heavy (non-hydrogen) atoms. The van der Waals surface area contributed by atoms with Gasteiger partial charge in [-0.05, 0) is 38.3 Å². The van der Waals surface area contributed by atoms with Crippen LogP contribution in [0.1, 0.15) is 33.1 Å². The van der Waals surface area contributed by atoms with Crippen molar-refractivity contribution in [2.45, 2.75) is 38.4 Å². The molecular weight excluding hydrogens is 288 g/mol. The van der Waals surface area contributed by atoms with E-state index < -0.39 is 11.4 Å². The molecule has 1 amide bonds. The summed E-state index contributed by atoms with van der Waals surface area (Å²) in [6, 6.07) is 0. The van der Waals surface area contributed by atoms with E-state index in [1.54, 1.807) is 16.7 Å². The van der Waals surface area contributed by atoms with Crippen molar-refractivity contribution in [2.75, 3.05) is 31.9 Å². The molecule has 6 heteroatoms. The van der Waals surface area contributed by atoms with E-state index in [9.17, 15) is 14.7 Å². The number of piperidine rings is 1. The number of thioether (sulfide) groups is 1. The first-order valence-electron chi connectivity index (χ1n) is 7.79. The lowest BCUT2D eigenvalue weighted by Gasteiger charge is -2.29. The Hall–Kier alpha value is -0.750. The molecule has 120 valence electrons. The number of hydrogen-bond donors (Lipinski definition) is 2. The monoisotopic (exact) mass is 314 g/mol. The van der Waals surface area contributed by atoms with Gasteiger partial charge in [0.15, 0.2) is 0 Å². The molecule has 0 bridgehead atoms. The Morgan fingerprint density at radius 2 is 2.05 bits per heavy atom. The fourth-order valence-electron chi connectivity index (χ4n) is 3.18. The SMILES string of the molecule is CC(C)C1(C(=O)O)CCN(C(=O)CSC2CCNCC2)C1. The van der Waals surface area contributed by atoms with Gasteiger partial charge in [-0.3, -0.25) is 9.59 Å². The fraction of sp³-hybridized carbons (Fsp3) is 0.867. The maximum atomic E-state index is 12.3. The van der Waals surface area contributed by atoms with Crippen molar-refractivity contribution < 1.29 is 14.7 Å². The van der Waals surface area contributed by atoms with Crippen LogP contribution in [0.3, 0.4) is 0 Å². The van der Waals surface area contributed by atoms with E-state index in [2.05, 4.69) is 5.32 Å². The minimum Gasteiger partial charge on any atom is -0.481 e. The number of carboxylic acids is 1. The molecule has 0 aromatic rings. The van der Waals surface area contributed by atoms with Gasteiger partial charge in [-0.2, -0.15) is 0 Å². The molecule has 2 rings (SSSR count). The lowest BCUT2D eigenvalue weighted by molar-refractivity contribution is -0.151. The van der Waals surface area contributed by atoms with Crippen LogP contribution in [0.25, 0.3) is 0 Å². The van der Waals surface area contributed by atoms with Crippen LogP contribution in [0, 0.1) is 11.3 Å². The first kappa shape index (κ1) is 16.6. The van der Waals surface area contributed by atoms with Gasteiger partial charge < -0.3 is 15.3 Å². The van der Waals surface area contributed by atoms with E-state index in [-0.39, 0.29) is 11.8 Å². The van der Waals surface area contributed by atoms with Crippen molar-refractivity contribution >= 4 is 23.6 Å². The van der Waals surface area contributed by atoms with Crippen LogP contribution in [0.4, 0.5) is 0 Å². The summed E-state index contributed by atoms with van der Waals surface area (Å²) in [5.41, 5.74) is -0.755. The Bertz CT molecular complexity index is 396. The predicted octanol–water partition coefficient (Wildman–Crippen LogP) is 1.43. The smallest absolute Gasteiger partial charge is 0.311 e. The number of carbonyl (C=O) groups is 2. The van der Waals surface area contributed by atoms with E-state index in [0.717, 1.165) is 25.9 Å². The molecule has 0 saturated carbocycles. The number of carboxylic acid groups (broad SMARTS) is 1. The molecule has 2 aliphatic heterocycles. The summed E-state index contributed by atoms with van der Waals surface area (Å²) < 4.78 is 0. The first-order chi connectivity index (χ1) is 9.95. The highest BCUT2D eigenvalue weighted by Gasteiger charge is 2.48. The molecule has 0 radical (unpaired) electrons. The first-order valence-corrected chi connectivity index (χ1v) is 8.84. The van der Waals surface area contributed by atoms with Gasteiger partial charge in [0.1, 0.15) is 0 Å². The number of aliphatic carboxylic acids is 1. The zero-order valence-electron chi connectivity index (χ0n) is 12.9. The minimum atomic E-state index is -0.765. The summed E-state index contributed by atoms with van der Waals surface area (Å²) in [5.74, 6) is -0.135. The zero-order valence-corrected chi connectivity index (χ0v) is 13.7. The maximum absolute atomic E-state index is 12.3. The number of nitrogens with one attached hydrogen (secondary N) is 1. The normalized spacial score (nSPS) is 27.3. The number of nitrogens with zero attached hydrogens (tertiary/aromatic N) is 1. The van der Waals surface area contributed by atoms with Gasteiger partial charge in [0.25, 0.3) is 0 Å². The van der Waals surface area contributed by atoms with Crippen molar-refractivity contribution in [3.63, 3.8) is 0 Å². The van der Waals surface area contributed by atoms with E-state index in [4.69, 9.17) is 0 Å². The Morgan fingerprint density at radius 1 is 1.38 bits per heavy atom. The van der Waals surface area contributed by atoms with Gasteiger partial charge in [0.05, 0.1) is 11.2 Å². The van der Waals surface area contributed by atoms with E-state index >= 15 is 0 Å². The number of rotatable bonds is 5. The molecule has 0 aromatic heterocycles. The molecular formula is C15H26N2O3S. The van der Waals surface area contributed by atoms with Crippen molar-refractivity contribution in [2.24, 2.45) is 11.3 Å². The number of likely N-dealkylation sites (tertiary alicyclic amines) is 1. The van der Waals surface area contributed by atoms with Gasteiger partial charge in [-0.25, -0.2) is 0 Å². The summed E-state index contributed by atoms with van der Waals surface area (Å²) in [5, 5.41) is 13.4. The van der Waals surface area contributed by atoms with Gasteiger partial charge in [-0.1, -0.05) is 13.8 Å². The Morgan fingerprint density at radius 3 is 2.57 bits per heavy atom. The summed E-state index contributed by atoms with van der Waals surface area (Å²) in [6.07, 6.45) is 2.80. The van der Waals surface area contributed by atoms with Crippen LogP contribution in [-0.4, -0.2) is 59.1 Å². The molecule has 0 aliphatic carbocycles. The standard InChI is InChI=1S/C15H26N2O3S/c1-11(2)15(14(19)20)5-8-17(10-15)13(18)9-21-12-3-6-16-7-4-12/h11-12,16H,3-10H2,1-2H3,(H,19,20). The van der Waals surface area contributed by atoms with Crippen molar-refractivity contribution in [3.05, 3.63) is 0 Å². The van der Waals surface area contributed by atoms with Crippen LogP contribution in [0.5, 0.6) is 0 Å². The summed E-state index contributed by atoms with van der Waals surface area (Å²) in [4.78, 5) is 25.7. The number of carbonyl (C=O) groups excluding carboxylic acids is 1. The van der Waals surface area contributed by atoms with Crippen LogP contribution in [-0.2, 0) is 9.59 Å². The van der Waals surface area contributed by atoms with Gasteiger partial charge in [0.2, 0.25) is 5.91 Å². The zero-order chi connectivity index (χ0) is 15.5. The molecule has 0 aromatic carbocycles.